The minimum atomic E-state index is -0.275. The summed E-state index contributed by atoms with van der Waals surface area (Å²) in [6.07, 6.45) is 0. The highest BCUT2D eigenvalue weighted by Gasteiger charge is 2.15. The first-order chi connectivity index (χ1) is 14.2. The number of halogens is 2. The van der Waals surface area contributed by atoms with Gasteiger partial charge in [0.2, 0.25) is 5.88 Å². The van der Waals surface area contributed by atoms with Crippen molar-refractivity contribution in [2.24, 2.45) is 0 Å². The van der Waals surface area contributed by atoms with Crippen LogP contribution in [-0.2, 0) is 0 Å². The molecule has 2 aromatic heterocycles. The monoisotopic (exact) mass is 449 g/mol. The number of nitrogens with one attached hydrogen (secondary N) is 3. The van der Waals surface area contributed by atoms with Crippen LogP contribution in [0.15, 0.2) is 33.9 Å². The van der Waals surface area contributed by atoms with E-state index in [1.165, 1.54) is 0 Å². The maximum Gasteiger partial charge on any atom is 0.267 e. The van der Waals surface area contributed by atoms with Gasteiger partial charge in [0.15, 0.2) is 11.6 Å². The fourth-order valence-corrected chi connectivity index (χ4v) is 3.34. The average Bonchev–Trinajstić information content (AvgIpc) is 2.67. The zero-order valence-electron chi connectivity index (χ0n) is 16.8. The minimum Gasteiger partial charge on any atom is -0.434 e. The highest BCUT2D eigenvalue weighted by molar-refractivity contribution is 6.37. The summed E-state index contributed by atoms with van der Waals surface area (Å²) in [5.41, 5.74) is 1.20. The lowest BCUT2D eigenvalue weighted by Gasteiger charge is -2.13. The van der Waals surface area contributed by atoms with E-state index < -0.39 is 0 Å². The van der Waals surface area contributed by atoms with E-state index in [1.54, 1.807) is 24.3 Å². The van der Waals surface area contributed by atoms with E-state index in [-0.39, 0.29) is 44.6 Å². The number of aromatic nitrogens is 4. The predicted octanol–water partition coefficient (Wildman–Crippen LogP) is 4.94. The van der Waals surface area contributed by atoms with E-state index in [1.807, 2.05) is 27.7 Å². The quantitative estimate of drug-likeness (QED) is 0.490. The molecule has 30 heavy (non-hydrogen) atoms. The van der Waals surface area contributed by atoms with Crippen molar-refractivity contribution in [2.75, 3.05) is 5.32 Å². The van der Waals surface area contributed by atoms with Gasteiger partial charge in [0.05, 0.1) is 10.0 Å². The smallest absolute Gasteiger partial charge is 0.267 e. The van der Waals surface area contributed by atoms with Crippen LogP contribution in [0.5, 0.6) is 11.6 Å². The second kappa shape index (κ2) is 8.89. The van der Waals surface area contributed by atoms with Crippen LogP contribution in [0.1, 0.15) is 50.7 Å². The first-order valence-electron chi connectivity index (χ1n) is 9.29. The molecule has 3 N–H and O–H groups in total. The summed E-state index contributed by atoms with van der Waals surface area (Å²) >= 11 is 12.7. The van der Waals surface area contributed by atoms with Crippen molar-refractivity contribution in [2.45, 2.75) is 39.5 Å². The van der Waals surface area contributed by atoms with Crippen LogP contribution in [0.2, 0.25) is 10.0 Å². The Hall–Kier alpha value is -2.84. The third-order valence-electron chi connectivity index (χ3n) is 4.36. The van der Waals surface area contributed by atoms with Gasteiger partial charge < -0.3 is 10.1 Å². The molecule has 3 rings (SSSR count). The molecule has 0 aliphatic rings. The SMILES string of the molecule is CC(C)c1cc(Nc2cc(Cl)c(Oc3cc(C(C)C)c(=O)[nH]n3)c(Cl)c2)n[nH]c1=O. The Morgan fingerprint density at radius 1 is 0.867 bits per heavy atom. The van der Waals surface area contributed by atoms with Crippen molar-refractivity contribution in [3.63, 3.8) is 0 Å². The number of aromatic amines is 2. The normalized spacial score (nSPS) is 11.2. The van der Waals surface area contributed by atoms with Gasteiger partial charge in [-0.3, -0.25) is 9.59 Å². The van der Waals surface area contributed by atoms with Gasteiger partial charge in [0, 0.05) is 22.9 Å². The lowest BCUT2D eigenvalue weighted by molar-refractivity contribution is 0.452. The van der Waals surface area contributed by atoms with E-state index >= 15 is 0 Å². The second-order valence-electron chi connectivity index (χ2n) is 7.33. The minimum absolute atomic E-state index is 0.00263. The van der Waals surface area contributed by atoms with Crippen LogP contribution in [-0.4, -0.2) is 20.4 Å². The lowest BCUT2D eigenvalue weighted by atomic mass is 10.1. The van der Waals surface area contributed by atoms with Gasteiger partial charge in [-0.1, -0.05) is 50.9 Å². The molecule has 0 unspecified atom stereocenters. The van der Waals surface area contributed by atoms with Crippen LogP contribution in [0.4, 0.5) is 11.5 Å². The molecule has 0 amide bonds. The molecule has 8 nitrogen and oxygen atoms in total. The third-order valence-corrected chi connectivity index (χ3v) is 4.92. The summed E-state index contributed by atoms with van der Waals surface area (Å²) in [4.78, 5) is 23.7. The van der Waals surface area contributed by atoms with E-state index in [4.69, 9.17) is 27.9 Å². The van der Waals surface area contributed by atoms with Gasteiger partial charge in [-0.25, -0.2) is 10.2 Å². The van der Waals surface area contributed by atoms with Crippen molar-refractivity contribution in [1.29, 1.82) is 0 Å². The summed E-state index contributed by atoms with van der Waals surface area (Å²) in [5.74, 6) is 0.864. The van der Waals surface area contributed by atoms with Gasteiger partial charge in [-0.2, -0.15) is 5.10 Å². The van der Waals surface area contributed by atoms with Gasteiger partial charge in [-0.05, 0) is 30.0 Å². The maximum absolute atomic E-state index is 11.8. The predicted molar refractivity (Wildman–Crippen MR) is 118 cm³/mol. The molecule has 10 heteroatoms. The average molecular weight is 450 g/mol. The Bertz CT molecular complexity index is 1160. The first kappa shape index (κ1) is 21.9. The molecule has 0 spiro atoms. The van der Waals surface area contributed by atoms with Crippen molar-refractivity contribution >= 4 is 34.7 Å². The highest BCUT2D eigenvalue weighted by Crippen LogP contribution is 2.39. The molecule has 0 aliphatic carbocycles. The summed E-state index contributed by atoms with van der Waals surface area (Å²) in [5, 5.41) is 16.3. The molecule has 0 saturated carbocycles. The molecule has 0 radical (unpaired) electrons. The number of rotatable bonds is 6. The van der Waals surface area contributed by atoms with E-state index in [0.717, 1.165) is 0 Å². The molecule has 0 bridgehead atoms. The Morgan fingerprint density at radius 3 is 1.97 bits per heavy atom. The topological polar surface area (TPSA) is 113 Å². The van der Waals surface area contributed by atoms with Crippen molar-refractivity contribution in [3.8, 4) is 11.6 Å². The number of H-pyrrole nitrogens is 2. The van der Waals surface area contributed by atoms with Crippen LogP contribution in [0, 0.1) is 0 Å². The molecule has 0 fully saturated rings. The number of hydrogen-bond donors (Lipinski definition) is 3. The fraction of sp³-hybridized carbons (Fsp3) is 0.300. The van der Waals surface area contributed by atoms with Crippen molar-refractivity contribution < 1.29 is 4.74 Å². The molecule has 158 valence electrons. The molecule has 2 heterocycles. The Kier molecular flexibility index (Phi) is 6.48. The molecule has 0 atom stereocenters. The summed E-state index contributed by atoms with van der Waals surface area (Å²) in [6, 6.07) is 6.45. The Labute approximate surface area is 182 Å². The van der Waals surface area contributed by atoms with Crippen LogP contribution >= 0.6 is 23.2 Å². The summed E-state index contributed by atoms with van der Waals surface area (Å²) in [7, 11) is 0. The van der Waals surface area contributed by atoms with Crippen molar-refractivity contribution in [3.05, 3.63) is 66.1 Å². The van der Waals surface area contributed by atoms with E-state index in [2.05, 4.69) is 25.7 Å². The molecule has 0 saturated heterocycles. The number of hydrogen-bond acceptors (Lipinski definition) is 6. The van der Waals surface area contributed by atoms with Crippen LogP contribution < -0.4 is 21.2 Å². The van der Waals surface area contributed by atoms with E-state index in [9.17, 15) is 9.59 Å². The summed E-state index contributed by atoms with van der Waals surface area (Å²) in [6.45, 7) is 7.63. The molecule has 0 aliphatic heterocycles. The Morgan fingerprint density at radius 2 is 1.40 bits per heavy atom. The second-order valence-corrected chi connectivity index (χ2v) is 8.15. The molecule has 1 aromatic carbocycles. The lowest BCUT2D eigenvalue weighted by Crippen LogP contribution is -2.16. The standard InChI is InChI=1S/C20H21Cl2N5O3/c1-9(2)12-7-16(24-26-19(12)28)23-11-5-14(21)18(15(22)6-11)30-17-8-13(10(3)4)20(29)27-25-17/h5-10H,1-4H3,(H,23,24)(H,26,28)(H,27,29). The van der Waals surface area contributed by atoms with Gasteiger partial charge in [0.1, 0.15) is 0 Å². The molecular weight excluding hydrogens is 429 g/mol. The van der Waals surface area contributed by atoms with Crippen molar-refractivity contribution in [1.82, 2.24) is 20.4 Å². The number of anilines is 2. The Balaban J connectivity index is 1.88. The van der Waals surface area contributed by atoms with E-state index in [0.29, 0.717) is 22.6 Å². The zero-order chi connectivity index (χ0) is 22.0. The third kappa shape index (κ3) is 4.83. The number of ether oxygens (including phenoxy) is 1. The molecule has 3 aromatic rings. The largest absolute Gasteiger partial charge is 0.434 e. The van der Waals surface area contributed by atoms with Crippen LogP contribution in [0.25, 0.3) is 0 Å². The van der Waals surface area contributed by atoms with Gasteiger partial charge >= 0.3 is 0 Å². The first-order valence-corrected chi connectivity index (χ1v) is 10.0. The van der Waals surface area contributed by atoms with Gasteiger partial charge in [-0.15, -0.1) is 5.10 Å². The highest BCUT2D eigenvalue weighted by atomic mass is 35.5. The van der Waals surface area contributed by atoms with Gasteiger partial charge in [0.25, 0.3) is 11.1 Å². The number of benzene rings is 1. The number of nitrogens with zero attached hydrogens (tertiary/aromatic N) is 2. The summed E-state index contributed by atoms with van der Waals surface area (Å²) < 4.78 is 5.72. The zero-order valence-corrected chi connectivity index (χ0v) is 18.4. The van der Waals surface area contributed by atoms with Crippen LogP contribution in [0.3, 0.4) is 0 Å². The maximum atomic E-state index is 11.8. The molecular formula is C20H21Cl2N5O3. The fourth-order valence-electron chi connectivity index (χ4n) is 2.78.